The van der Waals surface area contributed by atoms with Crippen molar-refractivity contribution in [3.63, 3.8) is 0 Å². The molecule has 4 heteroatoms. The Morgan fingerprint density at radius 2 is 1.55 bits per heavy atom. The molecule has 0 atom stereocenters. The Morgan fingerprint density at radius 1 is 0.818 bits per heavy atom. The number of hydrogen-bond donors (Lipinski definition) is 0. The zero-order chi connectivity index (χ0) is 15.4. The maximum Gasteiger partial charge on any atom is 0.146 e. The summed E-state index contributed by atoms with van der Waals surface area (Å²) in [6, 6.07) is 21.0. The molecule has 3 aromatic rings. The van der Waals surface area contributed by atoms with Crippen LogP contribution in [0, 0.1) is 0 Å². The molecule has 0 fully saturated rings. The van der Waals surface area contributed by atoms with E-state index in [1.165, 1.54) is 0 Å². The fraction of sp³-hybridized carbons (Fsp3) is 0.0556. The summed E-state index contributed by atoms with van der Waals surface area (Å²) in [6.45, 7) is 0.477. The molecular formula is C18H13Cl2NO. The van der Waals surface area contributed by atoms with Crippen LogP contribution in [0.3, 0.4) is 0 Å². The Bertz CT molecular complexity index is 758. The molecule has 3 rings (SSSR count). The third kappa shape index (κ3) is 3.59. The number of benzene rings is 2. The number of nitrogens with zero attached hydrogens (tertiary/aromatic N) is 1. The highest BCUT2D eigenvalue weighted by atomic mass is 35.5. The van der Waals surface area contributed by atoms with E-state index in [2.05, 4.69) is 4.98 Å². The van der Waals surface area contributed by atoms with Gasteiger partial charge < -0.3 is 4.74 Å². The van der Waals surface area contributed by atoms with E-state index >= 15 is 0 Å². The summed E-state index contributed by atoms with van der Waals surface area (Å²) in [6.07, 6.45) is 0. The van der Waals surface area contributed by atoms with E-state index in [1.807, 2.05) is 60.7 Å². The summed E-state index contributed by atoms with van der Waals surface area (Å²) in [5.74, 6) is 0.690. The smallest absolute Gasteiger partial charge is 0.146 e. The largest absolute Gasteiger partial charge is 0.487 e. The van der Waals surface area contributed by atoms with Crippen molar-refractivity contribution in [1.29, 1.82) is 0 Å². The molecule has 0 amide bonds. The molecule has 0 unspecified atom stereocenters. The number of rotatable bonds is 4. The number of ether oxygens (including phenoxy) is 1. The van der Waals surface area contributed by atoms with Crippen LogP contribution in [0.25, 0.3) is 11.3 Å². The molecule has 0 aliphatic rings. The standard InChI is InChI=1S/C18H13Cl2NO/c19-15-8-6-14(7-9-15)18-16(10-11-17(20)21-18)22-12-13-4-2-1-3-5-13/h1-11H,12H2. The first-order valence-electron chi connectivity index (χ1n) is 6.81. The van der Waals surface area contributed by atoms with Crippen molar-refractivity contribution >= 4 is 23.2 Å². The van der Waals surface area contributed by atoms with Gasteiger partial charge in [-0.2, -0.15) is 0 Å². The van der Waals surface area contributed by atoms with E-state index in [4.69, 9.17) is 27.9 Å². The van der Waals surface area contributed by atoms with Crippen LogP contribution in [0.5, 0.6) is 5.75 Å². The van der Waals surface area contributed by atoms with Gasteiger partial charge in [0.25, 0.3) is 0 Å². The molecule has 110 valence electrons. The van der Waals surface area contributed by atoms with Crippen molar-refractivity contribution in [1.82, 2.24) is 4.98 Å². The molecule has 2 aromatic carbocycles. The molecule has 22 heavy (non-hydrogen) atoms. The van der Waals surface area contributed by atoms with Crippen molar-refractivity contribution in [3.8, 4) is 17.0 Å². The van der Waals surface area contributed by atoms with Crippen LogP contribution in [-0.2, 0) is 6.61 Å². The monoisotopic (exact) mass is 329 g/mol. The summed E-state index contributed by atoms with van der Waals surface area (Å²) in [4.78, 5) is 4.38. The Kier molecular flexibility index (Phi) is 4.62. The second-order valence-corrected chi connectivity index (χ2v) is 5.59. The van der Waals surface area contributed by atoms with E-state index < -0.39 is 0 Å². The van der Waals surface area contributed by atoms with Crippen molar-refractivity contribution in [2.75, 3.05) is 0 Å². The molecule has 0 N–H and O–H groups in total. The zero-order valence-corrected chi connectivity index (χ0v) is 13.2. The molecule has 0 aliphatic heterocycles. The van der Waals surface area contributed by atoms with Gasteiger partial charge in [0.1, 0.15) is 23.2 Å². The lowest BCUT2D eigenvalue weighted by atomic mass is 10.1. The van der Waals surface area contributed by atoms with Gasteiger partial charge >= 0.3 is 0 Å². The van der Waals surface area contributed by atoms with Gasteiger partial charge in [0.15, 0.2) is 0 Å². The van der Waals surface area contributed by atoms with Crippen molar-refractivity contribution < 1.29 is 4.74 Å². The third-order valence-electron chi connectivity index (χ3n) is 3.18. The molecule has 0 saturated carbocycles. The van der Waals surface area contributed by atoms with Gasteiger partial charge in [-0.05, 0) is 29.8 Å². The van der Waals surface area contributed by atoms with Gasteiger partial charge in [-0.25, -0.2) is 4.98 Å². The fourth-order valence-electron chi connectivity index (χ4n) is 2.09. The van der Waals surface area contributed by atoms with Gasteiger partial charge in [0.2, 0.25) is 0 Å². The Balaban J connectivity index is 1.89. The van der Waals surface area contributed by atoms with E-state index in [0.717, 1.165) is 11.1 Å². The van der Waals surface area contributed by atoms with Crippen LogP contribution in [0.4, 0.5) is 0 Å². The van der Waals surface area contributed by atoms with Crippen molar-refractivity contribution in [3.05, 3.63) is 82.5 Å². The molecule has 0 radical (unpaired) electrons. The highest BCUT2D eigenvalue weighted by molar-refractivity contribution is 6.30. The molecule has 0 saturated heterocycles. The molecule has 1 aromatic heterocycles. The van der Waals surface area contributed by atoms with Gasteiger partial charge in [-0.3, -0.25) is 0 Å². The third-order valence-corrected chi connectivity index (χ3v) is 3.64. The summed E-state index contributed by atoms with van der Waals surface area (Å²) in [5.41, 5.74) is 2.72. The number of pyridine rings is 1. The lowest BCUT2D eigenvalue weighted by molar-refractivity contribution is 0.306. The van der Waals surface area contributed by atoms with Gasteiger partial charge in [-0.15, -0.1) is 0 Å². The van der Waals surface area contributed by atoms with Crippen LogP contribution in [-0.4, -0.2) is 4.98 Å². The van der Waals surface area contributed by atoms with Gasteiger partial charge in [0.05, 0.1) is 0 Å². The Hall–Kier alpha value is -2.03. The van der Waals surface area contributed by atoms with Crippen LogP contribution in [0.2, 0.25) is 10.2 Å². The predicted molar refractivity (Wildman–Crippen MR) is 90.5 cm³/mol. The van der Waals surface area contributed by atoms with Crippen molar-refractivity contribution in [2.24, 2.45) is 0 Å². The first kappa shape index (κ1) is 14.9. The average Bonchev–Trinajstić information content (AvgIpc) is 2.55. The molecule has 1 heterocycles. The van der Waals surface area contributed by atoms with Gasteiger partial charge in [-0.1, -0.05) is 65.7 Å². The minimum Gasteiger partial charge on any atom is -0.487 e. The second kappa shape index (κ2) is 6.82. The van der Waals surface area contributed by atoms with E-state index in [1.54, 1.807) is 6.07 Å². The zero-order valence-electron chi connectivity index (χ0n) is 11.7. The first-order valence-corrected chi connectivity index (χ1v) is 7.57. The van der Waals surface area contributed by atoms with Crippen LogP contribution < -0.4 is 4.74 Å². The van der Waals surface area contributed by atoms with Crippen LogP contribution in [0.15, 0.2) is 66.7 Å². The second-order valence-electron chi connectivity index (χ2n) is 4.76. The predicted octanol–water partition coefficient (Wildman–Crippen LogP) is 5.63. The minimum atomic E-state index is 0.428. The Morgan fingerprint density at radius 3 is 2.27 bits per heavy atom. The summed E-state index contributed by atoms with van der Waals surface area (Å²) < 4.78 is 5.91. The normalized spacial score (nSPS) is 10.5. The fourth-order valence-corrected chi connectivity index (χ4v) is 2.36. The maximum absolute atomic E-state index is 6.02. The maximum atomic E-state index is 6.02. The number of aromatic nitrogens is 1. The van der Waals surface area contributed by atoms with E-state index in [-0.39, 0.29) is 0 Å². The van der Waals surface area contributed by atoms with E-state index in [9.17, 15) is 0 Å². The molecule has 0 aliphatic carbocycles. The molecule has 0 bridgehead atoms. The van der Waals surface area contributed by atoms with Crippen LogP contribution >= 0.6 is 23.2 Å². The summed E-state index contributed by atoms with van der Waals surface area (Å²) in [7, 11) is 0. The quantitative estimate of drug-likeness (QED) is 0.578. The number of halogens is 2. The first-order chi connectivity index (χ1) is 10.7. The Labute approximate surface area is 139 Å². The van der Waals surface area contributed by atoms with Crippen LogP contribution in [0.1, 0.15) is 5.56 Å². The average molecular weight is 330 g/mol. The lowest BCUT2D eigenvalue weighted by Gasteiger charge is -2.11. The summed E-state index contributed by atoms with van der Waals surface area (Å²) in [5, 5.41) is 1.11. The SMILES string of the molecule is Clc1ccc(-c2nc(Cl)ccc2OCc2ccccc2)cc1. The number of hydrogen-bond acceptors (Lipinski definition) is 2. The minimum absolute atomic E-state index is 0.428. The molecule has 0 spiro atoms. The van der Waals surface area contributed by atoms with Crippen molar-refractivity contribution in [2.45, 2.75) is 6.61 Å². The highest BCUT2D eigenvalue weighted by Crippen LogP contribution is 2.31. The highest BCUT2D eigenvalue weighted by Gasteiger charge is 2.09. The van der Waals surface area contributed by atoms with E-state index in [0.29, 0.717) is 28.2 Å². The molecular weight excluding hydrogens is 317 g/mol. The lowest BCUT2D eigenvalue weighted by Crippen LogP contribution is -1.98. The van der Waals surface area contributed by atoms with Gasteiger partial charge in [0, 0.05) is 10.6 Å². The summed E-state index contributed by atoms with van der Waals surface area (Å²) >= 11 is 12.0. The topological polar surface area (TPSA) is 22.1 Å². The molecule has 2 nitrogen and oxygen atoms in total.